The highest BCUT2D eigenvalue weighted by Gasteiger charge is 1.99. The van der Waals surface area contributed by atoms with Gasteiger partial charge in [-0.3, -0.25) is 9.59 Å². The van der Waals surface area contributed by atoms with Crippen LogP contribution in [-0.4, -0.2) is 11.6 Å². The van der Waals surface area contributed by atoms with E-state index in [1.807, 2.05) is 56.4 Å². The largest absolute Gasteiger partial charge is 0.290 e. The minimum atomic E-state index is -0.107. The summed E-state index contributed by atoms with van der Waals surface area (Å²) in [6.07, 6.45) is 28.9. The SMILES string of the molecule is C/C1=C\C=C/C(=O)/C=C\C2=CC=CC=C(/C=C/C=C/C(=O)/C=C\C=C(/C)C#CC#C1)C2. The zero-order valence-electron chi connectivity index (χ0n) is 17.8. The molecule has 0 aromatic rings. The van der Waals surface area contributed by atoms with Gasteiger partial charge in [-0.1, -0.05) is 84.8 Å². The first kappa shape index (κ1) is 23.1. The molecule has 0 fully saturated rings. The Morgan fingerprint density at radius 2 is 1.03 bits per heavy atom. The summed E-state index contributed by atoms with van der Waals surface area (Å²) in [4.78, 5) is 24.0. The number of fused-ring (bicyclic) bond motifs is 2. The van der Waals surface area contributed by atoms with E-state index >= 15 is 0 Å². The summed E-state index contributed by atoms with van der Waals surface area (Å²) in [6, 6.07) is 0. The number of hydrogen-bond donors (Lipinski definition) is 0. The zero-order valence-corrected chi connectivity index (χ0v) is 17.8. The van der Waals surface area contributed by atoms with Crippen molar-refractivity contribution in [1.29, 1.82) is 0 Å². The fourth-order valence-corrected chi connectivity index (χ4v) is 2.49. The molecular formula is C29H24O2. The molecule has 0 saturated heterocycles. The molecule has 0 aliphatic heterocycles. The third kappa shape index (κ3) is 10.3. The molecule has 2 rings (SSSR count). The van der Waals surface area contributed by atoms with Crippen molar-refractivity contribution in [3.8, 4) is 23.7 Å². The molecule has 0 spiro atoms. The van der Waals surface area contributed by atoms with Crippen molar-refractivity contribution in [2.45, 2.75) is 20.3 Å². The molecule has 152 valence electrons. The summed E-state index contributed by atoms with van der Waals surface area (Å²) in [5, 5.41) is 0. The molecule has 0 aromatic heterocycles. The van der Waals surface area contributed by atoms with Crippen molar-refractivity contribution in [2.75, 3.05) is 0 Å². The Labute approximate surface area is 184 Å². The Morgan fingerprint density at radius 1 is 0.548 bits per heavy atom. The smallest absolute Gasteiger partial charge is 0.178 e. The zero-order chi connectivity index (χ0) is 22.3. The third-order valence-corrected chi connectivity index (χ3v) is 4.08. The number of hydrogen-bond acceptors (Lipinski definition) is 2. The lowest BCUT2D eigenvalue weighted by Crippen LogP contribution is -1.87. The summed E-state index contributed by atoms with van der Waals surface area (Å²) < 4.78 is 0. The highest BCUT2D eigenvalue weighted by atomic mass is 16.1. The van der Waals surface area contributed by atoms with E-state index < -0.39 is 0 Å². The quantitative estimate of drug-likeness (QED) is 0.490. The van der Waals surface area contributed by atoms with Gasteiger partial charge in [0.25, 0.3) is 0 Å². The predicted molar refractivity (Wildman–Crippen MR) is 129 cm³/mol. The molecule has 2 bridgehead atoms. The number of allylic oxidation sites excluding steroid dienone is 20. The normalized spacial score (nSPS) is 25.9. The van der Waals surface area contributed by atoms with Gasteiger partial charge in [-0.2, -0.15) is 0 Å². The maximum Gasteiger partial charge on any atom is 0.178 e. The molecule has 0 amide bonds. The van der Waals surface area contributed by atoms with Crippen LogP contribution in [0.1, 0.15) is 20.3 Å². The van der Waals surface area contributed by atoms with Crippen molar-refractivity contribution in [1.82, 2.24) is 0 Å². The number of carbonyl (C=O) groups excluding carboxylic acids is 2. The highest BCUT2D eigenvalue weighted by molar-refractivity contribution is 6.00. The van der Waals surface area contributed by atoms with E-state index in [2.05, 4.69) is 23.7 Å². The van der Waals surface area contributed by atoms with E-state index in [9.17, 15) is 9.59 Å². The van der Waals surface area contributed by atoms with Crippen LogP contribution in [0.5, 0.6) is 0 Å². The van der Waals surface area contributed by atoms with E-state index in [1.165, 1.54) is 18.2 Å². The van der Waals surface area contributed by atoms with Gasteiger partial charge in [0.05, 0.1) is 0 Å². The lowest BCUT2D eigenvalue weighted by atomic mass is 10.0. The molecule has 2 nitrogen and oxygen atoms in total. The molecule has 2 aliphatic rings. The van der Waals surface area contributed by atoms with Gasteiger partial charge in [0.15, 0.2) is 11.6 Å². The minimum absolute atomic E-state index is 0.0971. The molecule has 0 N–H and O–H groups in total. The van der Waals surface area contributed by atoms with Crippen LogP contribution in [0.15, 0.2) is 120 Å². The van der Waals surface area contributed by atoms with Gasteiger partial charge in [0.1, 0.15) is 0 Å². The predicted octanol–water partition coefficient (Wildman–Crippen LogP) is 5.63. The minimum Gasteiger partial charge on any atom is -0.290 e. The average Bonchev–Trinajstić information content (AvgIpc) is 2.97. The van der Waals surface area contributed by atoms with Crippen molar-refractivity contribution >= 4 is 11.6 Å². The molecule has 0 atom stereocenters. The molecule has 0 aromatic carbocycles. The van der Waals surface area contributed by atoms with E-state index in [1.54, 1.807) is 36.5 Å². The first-order chi connectivity index (χ1) is 15.0. The summed E-state index contributed by atoms with van der Waals surface area (Å²) in [6.45, 7) is 3.71. The monoisotopic (exact) mass is 404 g/mol. The average molecular weight is 405 g/mol. The molecule has 2 heteroatoms. The first-order valence-corrected chi connectivity index (χ1v) is 9.92. The van der Waals surface area contributed by atoms with Gasteiger partial charge in [-0.05, 0) is 78.7 Å². The van der Waals surface area contributed by atoms with Crippen LogP contribution < -0.4 is 0 Å². The second-order valence-corrected chi connectivity index (χ2v) is 6.82. The van der Waals surface area contributed by atoms with Crippen molar-refractivity contribution in [3.05, 3.63) is 120 Å². The second kappa shape index (κ2) is 13.2. The Bertz CT molecular complexity index is 1140. The maximum absolute atomic E-state index is 12.1. The molecule has 31 heavy (non-hydrogen) atoms. The van der Waals surface area contributed by atoms with E-state index in [-0.39, 0.29) is 11.6 Å². The van der Waals surface area contributed by atoms with Crippen molar-refractivity contribution in [2.24, 2.45) is 0 Å². The Balaban J connectivity index is 2.29. The van der Waals surface area contributed by atoms with Crippen molar-refractivity contribution in [3.63, 3.8) is 0 Å². The fraction of sp³-hybridized carbons (Fsp3) is 0.103. The van der Waals surface area contributed by atoms with Crippen LogP contribution in [-0.2, 0) is 9.59 Å². The Hall–Kier alpha value is -4.14. The van der Waals surface area contributed by atoms with Gasteiger partial charge in [0, 0.05) is 0 Å². The van der Waals surface area contributed by atoms with Crippen molar-refractivity contribution < 1.29 is 9.59 Å². The van der Waals surface area contributed by atoms with Crippen LogP contribution in [0.4, 0.5) is 0 Å². The lowest BCUT2D eigenvalue weighted by molar-refractivity contribution is -0.111. The van der Waals surface area contributed by atoms with E-state index in [4.69, 9.17) is 0 Å². The molecular weight excluding hydrogens is 380 g/mol. The van der Waals surface area contributed by atoms with E-state index in [0.29, 0.717) is 6.42 Å². The summed E-state index contributed by atoms with van der Waals surface area (Å²) in [5.74, 6) is 11.2. The Kier molecular flexibility index (Phi) is 9.82. The van der Waals surface area contributed by atoms with Gasteiger partial charge in [0.2, 0.25) is 0 Å². The maximum atomic E-state index is 12.1. The molecule has 2 aliphatic carbocycles. The molecule has 0 radical (unpaired) electrons. The number of rotatable bonds is 0. The fourth-order valence-electron chi connectivity index (χ4n) is 2.49. The number of carbonyl (C=O) groups is 2. The third-order valence-electron chi connectivity index (χ3n) is 4.08. The lowest BCUT2D eigenvalue weighted by Gasteiger charge is -2.01. The topological polar surface area (TPSA) is 34.1 Å². The van der Waals surface area contributed by atoms with Gasteiger partial charge >= 0.3 is 0 Å². The first-order valence-electron chi connectivity index (χ1n) is 9.92. The van der Waals surface area contributed by atoms with Crippen LogP contribution in [0.2, 0.25) is 0 Å². The summed E-state index contributed by atoms with van der Waals surface area (Å²) in [5.41, 5.74) is 3.70. The van der Waals surface area contributed by atoms with Gasteiger partial charge in [-0.25, -0.2) is 0 Å². The van der Waals surface area contributed by atoms with Crippen LogP contribution in [0.3, 0.4) is 0 Å². The Morgan fingerprint density at radius 3 is 1.65 bits per heavy atom. The van der Waals surface area contributed by atoms with Crippen LogP contribution in [0.25, 0.3) is 0 Å². The van der Waals surface area contributed by atoms with Crippen LogP contribution >= 0.6 is 0 Å². The molecule has 0 heterocycles. The van der Waals surface area contributed by atoms with Crippen LogP contribution in [0, 0.1) is 23.7 Å². The van der Waals surface area contributed by atoms with Gasteiger partial charge in [-0.15, -0.1) is 0 Å². The highest BCUT2D eigenvalue weighted by Crippen LogP contribution is 2.17. The summed E-state index contributed by atoms with van der Waals surface area (Å²) in [7, 11) is 0. The molecule has 0 unspecified atom stereocenters. The second-order valence-electron chi connectivity index (χ2n) is 6.82. The number of ketones is 2. The van der Waals surface area contributed by atoms with Gasteiger partial charge < -0.3 is 0 Å². The standard InChI is InChI=1S/C29H24O2/c1-24-11-3-4-12-25(2)14-10-20-29(31)22-21-27-17-6-5-15-26(23-27)16-7-8-18-28(30)19-9-13-24/h5-10,13-22H,23H2,1-2H3/b16-7+,18-8+,19-9-,20-10-,22-21-,24-13+,25-14+. The summed E-state index contributed by atoms with van der Waals surface area (Å²) >= 11 is 0. The molecule has 0 saturated carbocycles. The van der Waals surface area contributed by atoms with E-state index in [0.717, 1.165) is 22.3 Å².